The Kier molecular flexibility index (Phi) is 4.73. The Labute approximate surface area is 131 Å². The number of rotatable bonds is 3. The summed E-state index contributed by atoms with van der Waals surface area (Å²) in [5.41, 5.74) is 8.74. The molecule has 0 aliphatic carbocycles. The molecule has 0 aliphatic heterocycles. The third kappa shape index (κ3) is 3.35. The van der Waals surface area contributed by atoms with Gasteiger partial charge in [-0.25, -0.2) is 0 Å². The van der Waals surface area contributed by atoms with E-state index < -0.39 is 0 Å². The van der Waals surface area contributed by atoms with E-state index in [9.17, 15) is 4.79 Å². The Morgan fingerprint density at radius 3 is 2.45 bits per heavy atom. The van der Waals surface area contributed by atoms with Crippen LogP contribution >= 0.6 is 27.7 Å². The minimum Gasteiger partial charge on any atom is -0.397 e. The second-order valence-electron chi connectivity index (χ2n) is 4.39. The first-order chi connectivity index (χ1) is 9.51. The number of nitrogen functional groups attached to an aromatic ring is 1. The first kappa shape index (κ1) is 14.9. The summed E-state index contributed by atoms with van der Waals surface area (Å²) in [6.07, 6.45) is 2.00. The van der Waals surface area contributed by atoms with Gasteiger partial charge in [0.25, 0.3) is 5.91 Å². The molecule has 0 aliphatic rings. The Balaban J connectivity index is 2.23. The maximum Gasteiger partial charge on any atom is 0.255 e. The number of amides is 1. The number of thioether (sulfide) groups is 1. The van der Waals surface area contributed by atoms with Gasteiger partial charge in [-0.1, -0.05) is 0 Å². The van der Waals surface area contributed by atoms with Gasteiger partial charge in [0, 0.05) is 14.9 Å². The number of carbonyl (C=O) groups excluding carboxylic acids is 1. The van der Waals surface area contributed by atoms with Gasteiger partial charge in [0.05, 0.1) is 11.4 Å². The normalized spacial score (nSPS) is 10.3. The van der Waals surface area contributed by atoms with Crippen molar-refractivity contribution in [2.24, 2.45) is 0 Å². The van der Waals surface area contributed by atoms with Crippen LogP contribution in [0.15, 0.2) is 45.8 Å². The van der Waals surface area contributed by atoms with Crippen molar-refractivity contribution in [3.05, 3.63) is 52.0 Å². The molecule has 2 rings (SSSR count). The number of carbonyl (C=O) groups is 1. The van der Waals surface area contributed by atoms with E-state index in [-0.39, 0.29) is 5.91 Å². The average molecular weight is 351 g/mol. The fourth-order valence-electron chi connectivity index (χ4n) is 1.83. The zero-order valence-corrected chi connectivity index (χ0v) is 13.6. The number of halogens is 1. The van der Waals surface area contributed by atoms with Crippen LogP contribution in [-0.4, -0.2) is 12.2 Å². The van der Waals surface area contributed by atoms with Crippen LogP contribution in [0, 0.1) is 6.92 Å². The van der Waals surface area contributed by atoms with Crippen molar-refractivity contribution in [3.63, 3.8) is 0 Å². The predicted molar refractivity (Wildman–Crippen MR) is 89.5 cm³/mol. The SMILES string of the molecule is CSc1ccc(C(=O)Nc2c(N)cc(C)cc2Br)cc1. The van der Waals surface area contributed by atoms with Gasteiger partial charge in [0.1, 0.15) is 0 Å². The molecule has 104 valence electrons. The predicted octanol–water partition coefficient (Wildman–Crippen LogP) is 4.31. The lowest BCUT2D eigenvalue weighted by Crippen LogP contribution is -2.13. The number of benzene rings is 2. The lowest BCUT2D eigenvalue weighted by atomic mass is 10.1. The van der Waals surface area contributed by atoms with E-state index in [4.69, 9.17) is 5.73 Å². The van der Waals surface area contributed by atoms with Gasteiger partial charge in [-0.05, 0) is 71.1 Å². The molecule has 1 amide bonds. The topological polar surface area (TPSA) is 55.1 Å². The summed E-state index contributed by atoms with van der Waals surface area (Å²) in [6.45, 7) is 1.95. The fourth-order valence-corrected chi connectivity index (χ4v) is 2.93. The molecule has 20 heavy (non-hydrogen) atoms. The third-order valence-corrected chi connectivity index (χ3v) is 4.22. The van der Waals surface area contributed by atoms with Gasteiger partial charge in [0.2, 0.25) is 0 Å². The molecule has 0 saturated heterocycles. The van der Waals surface area contributed by atoms with Crippen LogP contribution in [0.2, 0.25) is 0 Å². The van der Waals surface area contributed by atoms with Gasteiger partial charge in [0.15, 0.2) is 0 Å². The molecule has 0 radical (unpaired) electrons. The van der Waals surface area contributed by atoms with Gasteiger partial charge >= 0.3 is 0 Å². The molecule has 0 heterocycles. The van der Waals surface area contributed by atoms with E-state index in [1.54, 1.807) is 23.9 Å². The van der Waals surface area contributed by atoms with Crippen molar-refractivity contribution >= 4 is 45.0 Å². The molecule has 2 aromatic carbocycles. The Hall–Kier alpha value is -1.46. The second kappa shape index (κ2) is 6.33. The summed E-state index contributed by atoms with van der Waals surface area (Å²) < 4.78 is 0.782. The summed E-state index contributed by atoms with van der Waals surface area (Å²) in [5, 5.41) is 2.84. The first-order valence-electron chi connectivity index (χ1n) is 6.02. The minimum absolute atomic E-state index is 0.172. The summed E-state index contributed by atoms with van der Waals surface area (Å²) in [5.74, 6) is -0.172. The Bertz CT molecular complexity index is 618. The number of nitrogens with one attached hydrogen (secondary N) is 1. The molecule has 0 spiro atoms. The summed E-state index contributed by atoms with van der Waals surface area (Å²) in [6, 6.07) is 11.2. The number of nitrogens with two attached hydrogens (primary N) is 1. The van der Waals surface area contributed by atoms with Gasteiger partial charge in [-0.2, -0.15) is 0 Å². The van der Waals surface area contributed by atoms with Gasteiger partial charge in [-0.3, -0.25) is 4.79 Å². The molecule has 0 unspecified atom stereocenters. The molecular formula is C15H15BrN2OS. The fraction of sp³-hybridized carbons (Fsp3) is 0.133. The highest BCUT2D eigenvalue weighted by Gasteiger charge is 2.11. The number of hydrogen-bond donors (Lipinski definition) is 2. The number of hydrogen-bond acceptors (Lipinski definition) is 3. The van der Waals surface area contributed by atoms with E-state index in [0.717, 1.165) is 14.9 Å². The molecule has 2 aromatic rings. The van der Waals surface area contributed by atoms with E-state index in [1.165, 1.54) is 0 Å². The molecule has 0 fully saturated rings. The van der Waals surface area contributed by atoms with E-state index >= 15 is 0 Å². The van der Waals surface area contributed by atoms with Crippen LogP contribution in [0.4, 0.5) is 11.4 Å². The first-order valence-corrected chi connectivity index (χ1v) is 8.04. The molecule has 0 atom stereocenters. The molecule has 0 saturated carbocycles. The van der Waals surface area contributed by atoms with E-state index in [1.807, 2.05) is 37.4 Å². The van der Waals surface area contributed by atoms with Crippen molar-refractivity contribution < 1.29 is 4.79 Å². The van der Waals surface area contributed by atoms with Gasteiger partial charge in [-0.15, -0.1) is 11.8 Å². The zero-order valence-electron chi connectivity index (χ0n) is 11.2. The van der Waals surface area contributed by atoms with Crippen LogP contribution in [0.5, 0.6) is 0 Å². The largest absolute Gasteiger partial charge is 0.397 e. The monoisotopic (exact) mass is 350 g/mol. The van der Waals surface area contributed by atoms with Crippen molar-refractivity contribution in [1.29, 1.82) is 0 Å². The highest BCUT2D eigenvalue weighted by atomic mass is 79.9. The van der Waals surface area contributed by atoms with E-state index in [2.05, 4.69) is 21.2 Å². The van der Waals surface area contributed by atoms with Crippen LogP contribution in [0.1, 0.15) is 15.9 Å². The van der Waals surface area contributed by atoms with Gasteiger partial charge < -0.3 is 11.1 Å². The summed E-state index contributed by atoms with van der Waals surface area (Å²) >= 11 is 5.06. The molecule has 0 aromatic heterocycles. The summed E-state index contributed by atoms with van der Waals surface area (Å²) in [4.78, 5) is 13.3. The minimum atomic E-state index is -0.172. The zero-order chi connectivity index (χ0) is 14.7. The second-order valence-corrected chi connectivity index (χ2v) is 6.13. The lowest BCUT2D eigenvalue weighted by Gasteiger charge is -2.11. The van der Waals surface area contributed by atoms with Crippen molar-refractivity contribution in [1.82, 2.24) is 0 Å². The third-order valence-electron chi connectivity index (χ3n) is 2.86. The smallest absolute Gasteiger partial charge is 0.255 e. The van der Waals surface area contributed by atoms with Crippen molar-refractivity contribution in [2.75, 3.05) is 17.3 Å². The average Bonchev–Trinajstić information content (AvgIpc) is 2.42. The molecule has 3 nitrogen and oxygen atoms in total. The van der Waals surface area contributed by atoms with Crippen LogP contribution in [-0.2, 0) is 0 Å². The highest BCUT2D eigenvalue weighted by Crippen LogP contribution is 2.30. The Morgan fingerprint density at radius 1 is 1.25 bits per heavy atom. The molecule has 0 bridgehead atoms. The van der Waals surface area contributed by atoms with Crippen LogP contribution in [0.25, 0.3) is 0 Å². The molecule has 5 heteroatoms. The molecular weight excluding hydrogens is 336 g/mol. The quantitative estimate of drug-likeness (QED) is 0.640. The Morgan fingerprint density at radius 2 is 1.90 bits per heavy atom. The standard InChI is InChI=1S/C15H15BrN2OS/c1-9-7-12(16)14(13(17)8-9)18-15(19)10-3-5-11(20-2)6-4-10/h3-8H,17H2,1-2H3,(H,18,19). The highest BCUT2D eigenvalue weighted by molar-refractivity contribution is 9.10. The lowest BCUT2D eigenvalue weighted by molar-refractivity contribution is 0.102. The maximum absolute atomic E-state index is 12.2. The van der Waals surface area contributed by atoms with Crippen molar-refractivity contribution in [2.45, 2.75) is 11.8 Å². The number of anilines is 2. The van der Waals surface area contributed by atoms with Crippen LogP contribution < -0.4 is 11.1 Å². The van der Waals surface area contributed by atoms with Crippen LogP contribution in [0.3, 0.4) is 0 Å². The van der Waals surface area contributed by atoms with E-state index in [0.29, 0.717) is 16.9 Å². The maximum atomic E-state index is 12.2. The number of aryl methyl sites for hydroxylation is 1. The summed E-state index contributed by atoms with van der Waals surface area (Å²) in [7, 11) is 0. The molecule has 3 N–H and O–H groups in total. The van der Waals surface area contributed by atoms with Crippen molar-refractivity contribution in [3.8, 4) is 0 Å².